The molecule has 10 nitrogen and oxygen atoms in total. The van der Waals surface area contributed by atoms with Crippen molar-refractivity contribution in [2.75, 3.05) is 11.9 Å². The number of nitrogens with two attached hydrogens (primary N) is 1. The quantitative estimate of drug-likeness (QED) is 0.406. The van der Waals surface area contributed by atoms with Crippen LogP contribution in [0.5, 0.6) is 0 Å². The summed E-state index contributed by atoms with van der Waals surface area (Å²) >= 11 is 0. The molecule has 0 aromatic carbocycles. The molecule has 202 valence electrons. The lowest BCUT2D eigenvalue weighted by Gasteiger charge is -2.36. The van der Waals surface area contributed by atoms with Crippen LogP contribution in [0.25, 0.3) is 0 Å². The molecule has 0 bridgehead atoms. The average molecular weight is 513 g/mol. The first kappa shape index (κ1) is 27.0. The first-order valence-electron chi connectivity index (χ1n) is 13.4. The number of carbonyl (C=O) groups excluding carboxylic acids is 4. The summed E-state index contributed by atoms with van der Waals surface area (Å²) in [6.07, 6.45) is 9.12. The van der Waals surface area contributed by atoms with E-state index < -0.39 is 41.1 Å². The Bertz CT molecular complexity index is 1040. The van der Waals surface area contributed by atoms with Gasteiger partial charge in [-0.15, -0.1) is 0 Å². The molecule has 3 aliphatic rings. The standard InChI is InChI=1S/C27H40N6O4/c1-5-17-13-27(17)14-19(23(36)31-18(20(34)22(28)35)12-16-8-6-9-16)33(15-27)24(37)21(26(2,3)4)32-25-29-10-7-11-30-25/h7,10-11,16-19,21H,5-6,8-9,12-15H2,1-4H3,(H2,28,35)(H,31,36)(H,29,30,32)/t17-,18?,19?,21-,27?/m1/s1. The van der Waals surface area contributed by atoms with E-state index in [2.05, 4.69) is 27.5 Å². The van der Waals surface area contributed by atoms with Gasteiger partial charge in [-0.1, -0.05) is 53.4 Å². The van der Waals surface area contributed by atoms with E-state index in [1.165, 1.54) is 0 Å². The van der Waals surface area contributed by atoms with Crippen LogP contribution in [0.2, 0.25) is 0 Å². The van der Waals surface area contributed by atoms with Gasteiger partial charge in [0.05, 0.1) is 6.04 Å². The minimum Gasteiger partial charge on any atom is -0.363 e. The van der Waals surface area contributed by atoms with Gasteiger partial charge < -0.3 is 21.3 Å². The van der Waals surface area contributed by atoms with Gasteiger partial charge >= 0.3 is 0 Å². The fourth-order valence-electron chi connectivity index (χ4n) is 5.98. The first-order valence-corrected chi connectivity index (χ1v) is 13.4. The molecule has 10 heteroatoms. The lowest BCUT2D eigenvalue weighted by atomic mass is 9.80. The van der Waals surface area contributed by atoms with Crippen molar-refractivity contribution in [3.05, 3.63) is 18.5 Å². The second-order valence-electron chi connectivity index (χ2n) is 12.2. The Morgan fingerprint density at radius 2 is 1.84 bits per heavy atom. The van der Waals surface area contributed by atoms with Crippen LogP contribution in [0.1, 0.15) is 72.6 Å². The molecule has 4 N–H and O–H groups in total. The van der Waals surface area contributed by atoms with Gasteiger partial charge in [-0.3, -0.25) is 19.2 Å². The third-order valence-electron chi connectivity index (χ3n) is 8.52. The molecule has 3 unspecified atom stereocenters. The minimum atomic E-state index is -1.05. The van der Waals surface area contributed by atoms with Gasteiger partial charge in [-0.2, -0.15) is 0 Å². The monoisotopic (exact) mass is 512 g/mol. The zero-order valence-electron chi connectivity index (χ0n) is 22.3. The number of hydrogen-bond donors (Lipinski definition) is 3. The van der Waals surface area contributed by atoms with Crippen LogP contribution in [0.15, 0.2) is 18.5 Å². The summed E-state index contributed by atoms with van der Waals surface area (Å²) in [5.41, 5.74) is 4.72. The first-order chi connectivity index (χ1) is 17.4. The fraction of sp³-hybridized carbons (Fsp3) is 0.704. The van der Waals surface area contributed by atoms with Crippen LogP contribution >= 0.6 is 0 Å². The molecule has 2 aliphatic carbocycles. The minimum absolute atomic E-state index is 0.0880. The number of nitrogens with one attached hydrogen (secondary N) is 2. The van der Waals surface area contributed by atoms with Gasteiger partial charge in [0.25, 0.3) is 5.91 Å². The van der Waals surface area contributed by atoms with E-state index in [-0.39, 0.29) is 17.2 Å². The van der Waals surface area contributed by atoms with Crippen molar-refractivity contribution < 1.29 is 19.2 Å². The summed E-state index contributed by atoms with van der Waals surface area (Å²) in [5, 5.41) is 6.00. The number of nitrogens with zero attached hydrogens (tertiary/aromatic N) is 3. The number of hydrogen-bond acceptors (Lipinski definition) is 7. The molecule has 4 rings (SSSR count). The van der Waals surface area contributed by atoms with Crippen molar-refractivity contribution in [1.82, 2.24) is 20.2 Å². The summed E-state index contributed by atoms with van der Waals surface area (Å²) < 4.78 is 0. The fourth-order valence-corrected chi connectivity index (χ4v) is 5.98. The van der Waals surface area contributed by atoms with Crippen LogP contribution < -0.4 is 16.4 Å². The topological polar surface area (TPSA) is 147 Å². The zero-order valence-corrected chi connectivity index (χ0v) is 22.3. The van der Waals surface area contributed by atoms with Crippen molar-refractivity contribution in [2.45, 2.75) is 90.8 Å². The molecule has 37 heavy (non-hydrogen) atoms. The van der Waals surface area contributed by atoms with Gasteiger partial charge in [0, 0.05) is 18.9 Å². The smallest absolute Gasteiger partial charge is 0.287 e. The number of amides is 3. The molecule has 1 aliphatic heterocycles. The van der Waals surface area contributed by atoms with Crippen molar-refractivity contribution in [2.24, 2.45) is 28.4 Å². The van der Waals surface area contributed by atoms with E-state index in [0.29, 0.717) is 31.3 Å². The van der Waals surface area contributed by atoms with Gasteiger partial charge in [0.1, 0.15) is 12.1 Å². The van der Waals surface area contributed by atoms with Crippen molar-refractivity contribution in [1.29, 1.82) is 0 Å². The lowest BCUT2D eigenvalue weighted by molar-refractivity contribution is -0.142. The Balaban J connectivity index is 1.57. The highest BCUT2D eigenvalue weighted by Gasteiger charge is 2.62. The van der Waals surface area contributed by atoms with E-state index in [0.717, 1.165) is 32.1 Å². The van der Waals surface area contributed by atoms with E-state index in [9.17, 15) is 19.2 Å². The molecule has 5 atom stereocenters. The molecular weight excluding hydrogens is 472 g/mol. The molecule has 1 aromatic heterocycles. The highest BCUT2D eigenvalue weighted by Crippen LogP contribution is 2.61. The number of anilines is 1. The van der Waals surface area contributed by atoms with Crippen LogP contribution in [0.4, 0.5) is 5.95 Å². The number of carbonyl (C=O) groups is 4. The number of likely N-dealkylation sites (tertiary alicyclic amines) is 1. The Labute approximate surface area is 218 Å². The van der Waals surface area contributed by atoms with Crippen molar-refractivity contribution >= 4 is 29.5 Å². The molecule has 3 fully saturated rings. The SMILES string of the molecule is CC[C@@H]1CC12CC(C(=O)NC(CC1CCC1)C(=O)C(N)=O)N(C(=O)[C@@H](Nc1ncccn1)C(C)(C)C)C2. The predicted octanol–water partition coefficient (Wildman–Crippen LogP) is 2.05. The molecule has 2 saturated carbocycles. The Morgan fingerprint density at radius 1 is 1.16 bits per heavy atom. The maximum Gasteiger partial charge on any atom is 0.287 e. The van der Waals surface area contributed by atoms with Crippen LogP contribution in [0.3, 0.4) is 0 Å². The highest BCUT2D eigenvalue weighted by atomic mass is 16.2. The number of Topliss-reactive ketones (excluding diaryl/α,β-unsaturated/α-hetero) is 1. The summed E-state index contributed by atoms with van der Waals surface area (Å²) in [7, 11) is 0. The molecule has 2 heterocycles. The highest BCUT2D eigenvalue weighted by molar-refractivity contribution is 6.37. The zero-order chi connectivity index (χ0) is 27.0. The van der Waals surface area contributed by atoms with E-state index in [4.69, 9.17) is 5.73 Å². The largest absolute Gasteiger partial charge is 0.363 e. The molecule has 0 radical (unpaired) electrons. The second kappa shape index (κ2) is 10.4. The van der Waals surface area contributed by atoms with E-state index in [1.807, 2.05) is 20.8 Å². The lowest BCUT2D eigenvalue weighted by Crippen LogP contribution is -2.57. The molecule has 3 amide bonds. The third kappa shape index (κ3) is 5.78. The normalized spacial score (nSPS) is 26.8. The van der Waals surface area contributed by atoms with Crippen molar-refractivity contribution in [3.63, 3.8) is 0 Å². The molecule has 1 saturated heterocycles. The summed E-state index contributed by atoms with van der Waals surface area (Å²) in [5.74, 6) is -1.33. The predicted molar refractivity (Wildman–Crippen MR) is 138 cm³/mol. The summed E-state index contributed by atoms with van der Waals surface area (Å²) in [6, 6.07) is -0.650. The van der Waals surface area contributed by atoms with Gasteiger partial charge in [-0.05, 0) is 48.0 Å². The van der Waals surface area contributed by atoms with Crippen LogP contribution in [0, 0.1) is 22.7 Å². The number of primary amides is 1. The van der Waals surface area contributed by atoms with Crippen LogP contribution in [-0.2, 0) is 19.2 Å². The van der Waals surface area contributed by atoms with Gasteiger partial charge in [0.15, 0.2) is 0 Å². The number of rotatable bonds is 10. The number of ketones is 1. The van der Waals surface area contributed by atoms with Gasteiger partial charge in [-0.25, -0.2) is 9.97 Å². The average Bonchev–Trinajstić information content (AvgIpc) is 3.36. The van der Waals surface area contributed by atoms with E-state index >= 15 is 0 Å². The molecule has 1 spiro atoms. The van der Waals surface area contributed by atoms with E-state index in [1.54, 1.807) is 23.4 Å². The Kier molecular flexibility index (Phi) is 7.57. The third-order valence-corrected chi connectivity index (χ3v) is 8.52. The maximum atomic E-state index is 14.1. The number of aromatic nitrogens is 2. The maximum absolute atomic E-state index is 14.1. The van der Waals surface area contributed by atoms with Crippen molar-refractivity contribution in [3.8, 4) is 0 Å². The molecular formula is C27H40N6O4. The van der Waals surface area contributed by atoms with Crippen LogP contribution in [-0.4, -0.2) is 63.0 Å². The summed E-state index contributed by atoms with van der Waals surface area (Å²) in [6.45, 7) is 8.49. The van der Waals surface area contributed by atoms with Gasteiger partial charge in [0.2, 0.25) is 23.5 Å². The Morgan fingerprint density at radius 3 is 2.35 bits per heavy atom. The molecule has 1 aromatic rings. The second-order valence-corrected chi connectivity index (χ2v) is 12.2. The summed E-state index contributed by atoms with van der Waals surface area (Å²) in [4.78, 5) is 62.1. The Hall–Kier alpha value is -3.04.